The predicted molar refractivity (Wildman–Crippen MR) is 76.1 cm³/mol. The van der Waals surface area contributed by atoms with Gasteiger partial charge in [0.05, 0.1) is 12.8 Å². The minimum atomic E-state index is -3.68. The first kappa shape index (κ1) is 13.8. The van der Waals surface area contributed by atoms with Gasteiger partial charge in [0.2, 0.25) is 10.0 Å². The van der Waals surface area contributed by atoms with Gasteiger partial charge < -0.3 is 10.1 Å². The highest BCUT2D eigenvalue weighted by Crippen LogP contribution is 2.32. The number of ether oxygens (including phenoxy) is 1. The Hall–Kier alpha value is -2.12. The predicted octanol–water partition coefficient (Wildman–Crippen LogP) is 2.24. The van der Waals surface area contributed by atoms with E-state index in [-0.39, 0.29) is 10.5 Å². The van der Waals surface area contributed by atoms with Gasteiger partial charge in [-0.2, -0.15) is 4.72 Å². The van der Waals surface area contributed by atoms with E-state index < -0.39 is 22.0 Å². The zero-order valence-electron chi connectivity index (χ0n) is 11.1. The molecule has 3 rings (SSSR count). The fourth-order valence-electron chi connectivity index (χ4n) is 2.23. The standard InChI is InChI=1S/C14H13FN2O3S/c1-20-9-6-7-10(11(15)8-9)14-16-12-4-2-3-5-13(12)21(18,19)17-14/h2-8,14,16-17H,1H3/t14-/m1/s1. The van der Waals surface area contributed by atoms with E-state index in [4.69, 9.17) is 4.74 Å². The topological polar surface area (TPSA) is 67.4 Å². The van der Waals surface area contributed by atoms with Crippen LogP contribution in [-0.4, -0.2) is 15.5 Å². The van der Waals surface area contributed by atoms with E-state index >= 15 is 0 Å². The molecule has 110 valence electrons. The van der Waals surface area contributed by atoms with Gasteiger partial charge in [0.1, 0.15) is 22.6 Å². The molecule has 0 spiro atoms. The Balaban J connectivity index is 2.03. The lowest BCUT2D eigenvalue weighted by Crippen LogP contribution is -2.38. The number of methoxy groups -OCH3 is 1. The minimum absolute atomic E-state index is 0.148. The van der Waals surface area contributed by atoms with Crippen molar-refractivity contribution in [2.24, 2.45) is 0 Å². The molecule has 1 heterocycles. The van der Waals surface area contributed by atoms with Gasteiger partial charge in [0.25, 0.3) is 0 Å². The first-order valence-corrected chi connectivity index (χ1v) is 7.71. The van der Waals surface area contributed by atoms with Crippen molar-refractivity contribution >= 4 is 15.7 Å². The molecule has 2 aromatic carbocycles. The first-order chi connectivity index (χ1) is 10.0. The number of halogens is 1. The summed E-state index contributed by atoms with van der Waals surface area (Å²) in [5.74, 6) is -0.177. The smallest absolute Gasteiger partial charge is 0.244 e. The Kier molecular flexibility index (Phi) is 3.30. The van der Waals surface area contributed by atoms with E-state index in [1.165, 1.54) is 25.3 Å². The van der Waals surface area contributed by atoms with E-state index in [1.54, 1.807) is 24.3 Å². The van der Waals surface area contributed by atoms with Crippen LogP contribution in [0, 0.1) is 5.82 Å². The van der Waals surface area contributed by atoms with Crippen molar-refractivity contribution < 1.29 is 17.5 Å². The normalized spacial score (nSPS) is 19.4. The highest BCUT2D eigenvalue weighted by atomic mass is 32.2. The highest BCUT2D eigenvalue weighted by molar-refractivity contribution is 7.89. The van der Waals surface area contributed by atoms with Crippen molar-refractivity contribution in [3.8, 4) is 5.75 Å². The third-order valence-electron chi connectivity index (χ3n) is 3.27. The Labute approximate surface area is 121 Å². The third-order valence-corrected chi connectivity index (χ3v) is 4.75. The molecule has 1 aliphatic rings. The molecule has 2 aromatic rings. The fourth-order valence-corrected chi connectivity index (χ4v) is 3.53. The summed E-state index contributed by atoms with van der Waals surface area (Å²) in [6.45, 7) is 0. The first-order valence-electron chi connectivity index (χ1n) is 6.22. The Bertz CT molecular complexity index is 793. The molecule has 0 unspecified atom stereocenters. The molecule has 0 amide bonds. The summed E-state index contributed by atoms with van der Waals surface area (Å²) >= 11 is 0. The number of fused-ring (bicyclic) bond motifs is 1. The van der Waals surface area contributed by atoms with Crippen LogP contribution in [0.1, 0.15) is 11.7 Å². The van der Waals surface area contributed by atoms with Crippen LogP contribution < -0.4 is 14.8 Å². The number of para-hydroxylation sites is 1. The summed E-state index contributed by atoms with van der Waals surface area (Å²) in [6.07, 6.45) is -0.865. The lowest BCUT2D eigenvalue weighted by Gasteiger charge is -2.28. The number of anilines is 1. The van der Waals surface area contributed by atoms with Crippen LogP contribution in [0.2, 0.25) is 0 Å². The molecule has 7 heteroatoms. The van der Waals surface area contributed by atoms with Crippen LogP contribution in [-0.2, 0) is 10.0 Å². The van der Waals surface area contributed by atoms with Gasteiger partial charge in [-0.3, -0.25) is 0 Å². The number of benzene rings is 2. The maximum atomic E-state index is 14.1. The summed E-state index contributed by atoms with van der Waals surface area (Å²) < 4.78 is 45.8. The molecule has 0 saturated carbocycles. The Morgan fingerprint density at radius 3 is 2.67 bits per heavy atom. The molecule has 5 nitrogen and oxygen atoms in total. The summed E-state index contributed by atoms with van der Waals surface area (Å²) in [4.78, 5) is 0.148. The summed E-state index contributed by atoms with van der Waals surface area (Å²) in [6, 6.07) is 10.8. The zero-order valence-corrected chi connectivity index (χ0v) is 11.9. The molecule has 0 saturated heterocycles. The third kappa shape index (κ3) is 2.45. The number of rotatable bonds is 2. The maximum absolute atomic E-state index is 14.1. The van der Waals surface area contributed by atoms with Gasteiger partial charge in [-0.25, -0.2) is 12.8 Å². The van der Waals surface area contributed by atoms with Gasteiger partial charge in [0.15, 0.2) is 0 Å². The van der Waals surface area contributed by atoms with Crippen molar-refractivity contribution in [1.29, 1.82) is 0 Å². The number of hydrogen-bond donors (Lipinski definition) is 2. The van der Waals surface area contributed by atoms with Crippen LogP contribution in [0.4, 0.5) is 10.1 Å². The second-order valence-corrected chi connectivity index (χ2v) is 6.26. The molecule has 0 aromatic heterocycles. The summed E-state index contributed by atoms with van der Waals surface area (Å²) in [7, 11) is -2.25. The van der Waals surface area contributed by atoms with E-state index in [2.05, 4.69) is 10.0 Å². The van der Waals surface area contributed by atoms with Gasteiger partial charge in [-0.15, -0.1) is 0 Å². The molecule has 2 N–H and O–H groups in total. The van der Waals surface area contributed by atoms with Gasteiger partial charge in [-0.1, -0.05) is 12.1 Å². The molecule has 0 fully saturated rings. The van der Waals surface area contributed by atoms with Crippen molar-refractivity contribution in [1.82, 2.24) is 4.72 Å². The molecule has 0 aliphatic carbocycles. The van der Waals surface area contributed by atoms with Crippen LogP contribution in [0.25, 0.3) is 0 Å². The molecule has 21 heavy (non-hydrogen) atoms. The molecule has 1 aliphatic heterocycles. The summed E-state index contributed by atoms with van der Waals surface area (Å²) in [5.41, 5.74) is 0.644. The molecular formula is C14H13FN2O3S. The number of hydrogen-bond acceptors (Lipinski definition) is 4. The average Bonchev–Trinajstić information content (AvgIpc) is 2.46. The Morgan fingerprint density at radius 1 is 1.19 bits per heavy atom. The van der Waals surface area contributed by atoms with Crippen molar-refractivity contribution in [3.63, 3.8) is 0 Å². The van der Waals surface area contributed by atoms with Crippen molar-refractivity contribution in [2.75, 3.05) is 12.4 Å². The maximum Gasteiger partial charge on any atom is 0.244 e. The molecule has 0 bridgehead atoms. The largest absolute Gasteiger partial charge is 0.497 e. The van der Waals surface area contributed by atoms with E-state index in [0.717, 1.165) is 0 Å². The molecular weight excluding hydrogens is 295 g/mol. The van der Waals surface area contributed by atoms with Crippen LogP contribution >= 0.6 is 0 Å². The van der Waals surface area contributed by atoms with Crippen LogP contribution in [0.15, 0.2) is 47.4 Å². The van der Waals surface area contributed by atoms with E-state index in [1.807, 2.05) is 0 Å². The van der Waals surface area contributed by atoms with Gasteiger partial charge in [-0.05, 0) is 24.3 Å². The minimum Gasteiger partial charge on any atom is -0.497 e. The van der Waals surface area contributed by atoms with Gasteiger partial charge in [0, 0.05) is 11.6 Å². The lowest BCUT2D eigenvalue weighted by molar-refractivity contribution is 0.410. The SMILES string of the molecule is COc1ccc([C@@H]2Nc3ccccc3S(=O)(=O)N2)c(F)c1. The van der Waals surface area contributed by atoms with Crippen LogP contribution in [0.5, 0.6) is 5.75 Å². The lowest BCUT2D eigenvalue weighted by atomic mass is 10.1. The second-order valence-electron chi connectivity index (χ2n) is 4.58. The van der Waals surface area contributed by atoms with E-state index in [9.17, 15) is 12.8 Å². The zero-order chi connectivity index (χ0) is 15.0. The average molecular weight is 308 g/mol. The monoisotopic (exact) mass is 308 g/mol. The Morgan fingerprint density at radius 2 is 1.95 bits per heavy atom. The highest BCUT2D eigenvalue weighted by Gasteiger charge is 2.30. The van der Waals surface area contributed by atoms with Crippen LogP contribution in [0.3, 0.4) is 0 Å². The fraction of sp³-hybridized carbons (Fsp3) is 0.143. The molecule has 0 radical (unpaired) electrons. The second kappa shape index (κ2) is 5.01. The molecule has 1 atom stereocenters. The van der Waals surface area contributed by atoms with Crippen molar-refractivity contribution in [2.45, 2.75) is 11.1 Å². The number of nitrogens with one attached hydrogen (secondary N) is 2. The van der Waals surface area contributed by atoms with Crippen molar-refractivity contribution in [3.05, 3.63) is 53.8 Å². The van der Waals surface area contributed by atoms with Gasteiger partial charge >= 0.3 is 0 Å². The number of sulfonamides is 1. The quantitative estimate of drug-likeness (QED) is 0.893. The van der Waals surface area contributed by atoms with E-state index in [0.29, 0.717) is 11.4 Å². The summed E-state index contributed by atoms with van der Waals surface area (Å²) in [5, 5.41) is 2.98.